The molecule has 1 atom stereocenters. The molecule has 116 valence electrons. The van der Waals surface area contributed by atoms with Crippen molar-refractivity contribution >= 4 is 5.91 Å². The number of amides is 1. The van der Waals surface area contributed by atoms with Gasteiger partial charge < -0.3 is 10.1 Å². The fraction of sp³-hybridized carbons (Fsp3) is 0.611. The molecule has 0 bridgehead atoms. The van der Waals surface area contributed by atoms with Gasteiger partial charge in [0, 0.05) is 19.8 Å². The van der Waals surface area contributed by atoms with E-state index in [0.717, 1.165) is 51.7 Å². The summed E-state index contributed by atoms with van der Waals surface area (Å²) < 4.78 is 5.51. The Hall–Kier alpha value is -1.35. The van der Waals surface area contributed by atoms with E-state index in [1.165, 1.54) is 11.1 Å². The second kappa shape index (κ2) is 8.83. The average Bonchev–Trinajstić information content (AvgIpc) is 2.53. The van der Waals surface area contributed by atoms with Crippen LogP contribution in [0.15, 0.2) is 24.3 Å². The first-order valence-corrected chi connectivity index (χ1v) is 8.26. The van der Waals surface area contributed by atoms with Crippen molar-refractivity contribution in [2.24, 2.45) is 0 Å². The fourth-order valence-corrected chi connectivity index (χ4v) is 2.88. The summed E-state index contributed by atoms with van der Waals surface area (Å²) in [5, 5.41) is 3.07. The molecule has 0 aliphatic heterocycles. The van der Waals surface area contributed by atoms with Crippen molar-refractivity contribution in [3.63, 3.8) is 0 Å². The van der Waals surface area contributed by atoms with E-state index < -0.39 is 0 Å². The van der Waals surface area contributed by atoms with Gasteiger partial charge in [-0.25, -0.2) is 0 Å². The maximum absolute atomic E-state index is 12.3. The number of carbonyl (C=O) groups is 1. The highest BCUT2D eigenvalue weighted by atomic mass is 16.5. The molecule has 3 nitrogen and oxygen atoms in total. The highest BCUT2D eigenvalue weighted by molar-refractivity contribution is 5.84. The van der Waals surface area contributed by atoms with Crippen molar-refractivity contribution in [1.82, 2.24) is 5.32 Å². The van der Waals surface area contributed by atoms with Crippen molar-refractivity contribution in [1.29, 1.82) is 0 Å². The van der Waals surface area contributed by atoms with E-state index >= 15 is 0 Å². The molecule has 21 heavy (non-hydrogen) atoms. The molecule has 0 saturated carbocycles. The molecule has 1 aromatic carbocycles. The zero-order valence-electron chi connectivity index (χ0n) is 13.1. The van der Waals surface area contributed by atoms with E-state index in [1.54, 1.807) is 0 Å². The third kappa shape index (κ3) is 4.85. The zero-order valence-corrected chi connectivity index (χ0v) is 13.1. The van der Waals surface area contributed by atoms with Gasteiger partial charge in [-0.2, -0.15) is 0 Å². The molecule has 0 aromatic heterocycles. The van der Waals surface area contributed by atoms with Crippen LogP contribution in [0.3, 0.4) is 0 Å². The van der Waals surface area contributed by atoms with Crippen LogP contribution >= 0.6 is 0 Å². The molecule has 0 saturated heterocycles. The number of unbranched alkanes of at least 4 members (excludes halogenated alkanes) is 1. The number of benzene rings is 1. The van der Waals surface area contributed by atoms with E-state index in [4.69, 9.17) is 4.74 Å². The van der Waals surface area contributed by atoms with Gasteiger partial charge in [-0.15, -0.1) is 0 Å². The molecule has 0 spiro atoms. The standard InChI is InChI=1S/C18H27NO2/c1-2-3-13-21-14-7-12-19-18(20)17-11-6-9-15-8-4-5-10-16(15)17/h4-5,8,10,17H,2-3,6-7,9,11-14H2,1H3,(H,19,20). The number of nitrogens with one attached hydrogen (secondary N) is 1. The maximum atomic E-state index is 12.3. The lowest BCUT2D eigenvalue weighted by atomic mass is 9.82. The van der Waals surface area contributed by atoms with Crippen LogP contribution in [0, 0.1) is 0 Å². The molecule has 1 amide bonds. The summed E-state index contributed by atoms with van der Waals surface area (Å²) in [7, 11) is 0. The Morgan fingerprint density at radius 2 is 2.10 bits per heavy atom. The van der Waals surface area contributed by atoms with Gasteiger partial charge in [0.1, 0.15) is 0 Å². The lowest BCUT2D eigenvalue weighted by Crippen LogP contribution is -2.32. The Bertz CT molecular complexity index is 445. The molecule has 1 unspecified atom stereocenters. The van der Waals surface area contributed by atoms with Crippen LogP contribution in [0.5, 0.6) is 0 Å². The van der Waals surface area contributed by atoms with Crippen molar-refractivity contribution in [3.8, 4) is 0 Å². The number of hydrogen-bond acceptors (Lipinski definition) is 2. The number of carbonyl (C=O) groups excluding carboxylic acids is 1. The third-order valence-electron chi connectivity index (χ3n) is 4.09. The molecular weight excluding hydrogens is 262 g/mol. The topological polar surface area (TPSA) is 38.3 Å². The van der Waals surface area contributed by atoms with Crippen molar-refractivity contribution in [2.45, 2.75) is 51.4 Å². The summed E-state index contributed by atoms with van der Waals surface area (Å²) in [5.41, 5.74) is 2.56. The van der Waals surface area contributed by atoms with Crippen LogP contribution in [-0.2, 0) is 16.0 Å². The summed E-state index contributed by atoms with van der Waals surface area (Å²) >= 11 is 0. The normalized spacial score (nSPS) is 17.3. The molecule has 0 radical (unpaired) electrons. The first-order valence-electron chi connectivity index (χ1n) is 8.26. The van der Waals surface area contributed by atoms with Gasteiger partial charge in [0.05, 0.1) is 5.92 Å². The summed E-state index contributed by atoms with van der Waals surface area (Å²) in [6.45, 7) is 4.44. The van der Waals surface area contributed by atoms with Crippen molar-refractivity contribution < 1.29 is 9.53 Å². The molecular formula is C18H27NO2. The van der Waals surface area contributed by atoms with Gasteiger partial charge in [0.25, 0.3) is 0 Å². The number of hydrogen-bond donors (Lipinski definition) is 1. The first kappa shape index (κ1) is 16.0. The van der Waals surface area contributed by atoms with E-state index in [0.29, 0.717) is 6.54 Å². The molecule has 0 heterocycles. The van der Waals surface area contributed by atoms with E-state index in [2.05, 4.69) is 30.4 Å². The number of ether oxygens (including phenoxy) is 1. The lowest BCUT2D eigenvalue weighted by Gasteiger charge is -2.24. The molecule has 1 aromatic rings. The van der Waals surface area contributed by atoms with E-state index in [9.17, 15) is 4.79 Å². The van der Waals surface area contributed by atoms with Gasteiger partial charge in [0.2, 0.25) is 5.91 Å². The largest absolute Gasteiger partial charge is 0.381 e. The van der Waals surface area contributed by atoms with E-state index in [-0.39, 0.29) is 11.8 Å². The van der Waals surface area contributed by atoms with Gasteiger partial charge in [0.15, 0.2) is 0 Å². The van der Waals surface area contributed by atoms with Gasteiger partial charge in [-0.05, 0) is 43.2 Å². The van der Waals surface area contributed by atoms with Gasteiger partial charge in [-0.1, -0.05) is 37.6 Å². The molecule has 1 aliphatic rings. The Kier molecular flexibility index (Phi) is 6.74. The van der Waals surface area contributed by atoms with Crippen LogP contribution in [0.1, 0.15) is 56.1 Å². The Labute approximate surface area is 128 Å². The Balaban J connectivity index is 1.72. The molecule has 3 heteroatoms. The summed E-state index contributed by atoms with van der Waals surface area (Å²) in [6, 6.07) is 8.35. The predicted octanol–water partition coefficient (Wildman–Crippen LogP) is 3.43. The van der Waals surface area contributed by atoms with E-state index in [1.807, 2.05) is 6.07 Å². The summed E-state index contributed by atoms with van der Waals surface area (Å²) in [5.74, 6) is 0.215. The van der Waals surface area contributed by atoms with Crippen LogP contribution in [0.4, 0.5) is 0 Å². The number of aryl methyl sites for hydroxylation is 1. The molecule has 1 N–H and O–H groups in total. The second-order valence-corrected chi connectivity index (χ2v) is 5.75. The Morgan fingerprint density at radius 3 is 2.95 bits per heavy atom. The number of rotatable bonds is 8. The van der Waals surface area contributed by atoms with Gasteiger partial charge >= 0.3 is 0 Å². The molecule has 1 aliphatic carbocycles. The minimum absolute atomic E-state index is 0.0379. The Morgan fingerprint density at radius 1 is 1.29 bits per heavy atom. The monoisotopic (exact) mass is 289 g/mol. The zero-order chi connectivity index (χ0) is 14.9. The highest BCUT2D eigenvalue weighted by Crippen LogP contribution is 2.31. The smallest absolute Gasteiger partial charge is 0.227 e. The SMILES string of the molecule is CCCCOCCCNC(=O)C1CCCc2ccccc21. The van der Waals surface area contributed by atoms with Crippen LogP contribution < -0.4 is 5.32 Å². The van der Waals surface area contributed by atoms with Crippen LogP contribution in [0.25, 0.3) is 0 Å². The third-order valence-corrected chi connectivity index (χ3v) is 4.09. The minimum Gasteiger partial charge on any atom is -0.381 e. The first-order chi connectivity index (χ1) is 10.3. The summed E-state index contributed by atoms with van der Waals surface area (Å²) in [6.07, 6.45) is 6.35. The summed E-state index contributed by atoms with van der Waals surface area (Å²) in [4.78, 5) is 12.3. The van der Waals surface area contributed by atoms with Crippen molar-refractivity contribution in [3.05, 3.63) is 35.4 Å². The molecule has 0 fully saturated rings. The molecule has 2 rings (SSSR count). The van der Waals surface area contributed by atoms with Gasteiger partial charge in [-0.3, -0.25) is 4.79 Å². The van der Waals surface area contributed by atoms with Crippen LogP contribution in [0.2, 0.25) is 0 Å². The second-order valence-electron chi connectivity index (χ2n) is 5.75. The average molecular weight is 289 g/mol. The van der Waals surface area contributed by atoms with Crippen LogP contribution in [-0.4, -0.2) is 25.7 Å². The quantitative estimate of drug-likeness (QED) is 0.745. The number of fused-ring (bicyclic) bond motifs is 1. The lowest BCUT2D eigenvalue weighted by molar-refractivity contribution is -0.122. The highest BCUT2D eigenvalue weighted by Gasteiger charge is 2.25. The minimum atomic E-state index is 0.0379. The maximum Gasteiger partial charge on any atom is 0.227 e. The predicted molar refractivity (Wildman–Crippen MR) is 85.5 cm³/mol. The fourth-order valence-electron chi connectivity index (χ4n) is 2.88. The van der Waals surface area contributed by atoms with Crippen molar-refractivity contribution in [2.75, 3.05) is 19.8 Å².